The third-order valence-corrected chi connectivity index (χ3v) is 5.22. The SMILES string of the molecule is COC(=O)c1ccc(OCC(=O)N2CCN(Cc3ccc(Cl)cc3)CC2)c([N+](=O)[O-])c1. The summed E-state index contributed by atoms with van der Waals surface area (Å²) in [5.41, 5.74) is 0.781. The number of carbonyl (C=O) groups is 2. The van der Waals surface area contributed by atoms with Crippen LogP contribution >= 0.6 is 11.6 Å². The number of nitro benzene ring substituents is 1. The fraction of sp³-hybridized carbons (Fsp3) is 0.333. The Bertz CT molecular complexity index is 958. The first kappa shape index (κ1) is 22.5. The Balaban J connectivity index is 1.53. The van der Waals surface area contributed by atoms with Crippen LogP contribution in [0.1, 0.15) is 15.9 Å². The second kappa shape index (κ2) is 10.2. The summed E-state index contributed by atoms with van der Waals surface area (Å²) in [5.74, 6) is -1.02. The number of nitro groups is 1. The summed E-state index contributed by atoms with van der Waals surface area (Å²) in [6.45, 7) is 2.95. The van der Waals surface area contributed by atoms with Gasteiger partial charge in [0.1, 0.15) is 0 Å². The molecule has 0 radical (unpaired) electrons. The molecule has 1 amide bonds. The number of piperazine rings is 1. The van der Waals surface area contributed by atoms with Crippen molar-refractivity contribution in [3.8, 4) is 5.75 Å². The first-order valence-electron chi connectivity index (χ1n) is 9.61. The van der Waals surface area contributed by atoms with Gasteiger partial charge in [-0.1, -0.05) is 23.7 Å². The summed E-state index contributed by atoms with van der Waals surface area (Å²) in [6.07, 6.45) is 0. The van der Waals surface area contributed by atoms with E-state index in [2.05, 4.69) is 9.64 Å². The van der Waals surface area contributed by atoms with Crippen LogP contribution in [-0.2, 0) is 16.1 Å². The largest absolute Gasteiger partial charge is 0.477 e. The molecule has 0 aromatic heterocycles. The van der Waals surface area contributed by atoms with Gasteiger partial charge in [-0.25, -0.2) is 4.79 Å². The monoisotopic (exact) mass is 447 g/mol. The second-order valence-electron chi connectivity index (χ2n) is 7.00. The fourth-order valence-corrected chi connectivity index (χ4v) is 3.39. The number of halogens is 1. The van der Waals surface area contributed by atoms with Crippen LogP contribution in [0, 0.1) is 10.1 Å². The van der Waals surface area contributed by atoms with E-state index in [1.165, 1.54) is 19.2 Å². The number of benzene rings is 2. The Morgan fingerprint density at radius 1 is 1.10 bits per heavy atom. The lowest BCUT2D eigenvalue weighted by Crippen LogP contribution is -2.49. The number of ether oxygens (including phenoxy) is 2. The van der Waals surface area contributed by atoms with Gasteiger partial charge in [0.05, 0.1) is 17.6 Å². The molecule has 2 aromatic carbocycles. The van der Waals surface area contributed by atoms with Crippen LogP contribution in [-0.4, -0.2) is 66.5 Å². The molecule has 0 atom stereocenters. The van der Waals surface area contributed by atoms with E-state index in [-0.39, 0.29) is 23.8 Å². The summed E-state index contributed by atoms with van der Waals surface area (Å²) in [6, 6.07) is 11.4. The van der Waals surface area contributed by atoms with E-state index < -0.39 is 16.6 Å². The number of methoxy groups -OCH3 is 1. The van der Waals surface area contributed by atoms with Gasteiger partial charge in [0.2, 0.25) is 0 Å². The molecule has 0 saturated carbocycles. The molecule has 0 bridgehead atoms. The zero-order valence-corrected chi connectivity index (χ0v) is 17.7. The molecule has 9 nitrogen and oxygen atoms in total. The molecule has 2 aromatic rings. The molecule has 1 heterocycles. The molecule has 3 rings (SSSR count). The Morgan fingerprint density at radius 3 is 2.39 bits per heavy atom. The van der Waals surface area contributed by atoms with E-state index in [1.54, 1.807) is 4.90 Å². The highest BCUT2D eigenvalue weighted by atomic mass is 35.5. The minimum Gasteiger partial charge on any atom is -0.477 e. The van der Waals surface area contributed by atoms with Crippen molar-refractivity contribution < 1.29 is 24.0 Å². The molecule has 0 aliphatic carbocycles. The highest BCUT2D eigenvalue weighted by molar-refractivity contribution is 6.30. The van der Waals surface area contributed by atoms with Crippen molar-refractivity contribution in [3.05, 3.63) is 68.7 Å². The first-order valence-corrected chi connectivity index (χ1v) is 9.99. The number of nitrogens with zero attached hydrogens (tertiary/aromatic N) is 3. The lowest BCUT2D eigenvalue weighted by molar-refractivity contribution is -0.385. The number of amides is 1. The lowest BCUT2D eigenvalue weighted by atomic mass is 10.2. The van der Waals surface area contributed by atoms with Crippen LogP contribution in [0.4, 0.5) is 5.69 Å². The van der Waals surface area contributed by atoms with Crippen molar-refractivity contribution in [3.63, 3.8) is 0 Å². The van der Waals surface area contributed by atoms with Gasteiger partial charge in [-0.2, -0.15) is 0 Å². The summed E-state index contributed by atoms with van der Waals surface area (Å²) in [5, 5.41) is 12.0. The van der Waals surface area contributed by atoms with Crippen LogP contribution in [0.5, 0.6) is 5.75 Å². The topological polar surface area (TPSA) is 102 Å². The van der Waals surface area contributed by atoms with Crippen molar-refractivity contribution in [2.24, 2.45) is 0 Å². The summed E-state index contributed by atoms with van der Waals surface area (Å²) in [4.78, 5) is 38.6. The maximum atomic E-state index is 12.5. The number of hydrogen-bond donors (Lipinski definition) is 0. The Hall–Kier alpha value is -3.17. The van der Waals surface area contributed by atoms with Crippen molar-refractivity contribution >= 4 is 29.2 Å². The summed E-state index contributed by atoms with van der Waals surface area (Å²) < 4.78 is 9.97. The number of rotatable bonds is 7. The fourth-order valence-electron chi connectivity index (χ4n) is 3.26. The Labute approximate surface area is 184 Å². The van der Waals surface area contributed by atoms with E-state index in [9.17, 15) is 19.7 Å². The van der Waals surface area contributed by atoms with E-state index in [0.717, 1.165) is 18.2 Å². The van der Waals surface area contributed by atoms with Gasteiger partial charge >= 0.3 is 11.7 Å². The zero-order chi connectivity index (χ0) is 22.4. The number of esters is 1. The predicted octanol–water partition coefficient (Wildman–Crippen LogP) is 2.76. The first-order chi connectivity index (χ1) is 14.9. The van der Waals surface area contributed by atoms with Crippen LogP contribution in [0.3, 0.4) is 0 Å². The van der Waals surface area contributed by atoms with Gasteiger partial charge in [-0.05, 0) is 29.8 Å². The Morgan fingerprint density at radius 2 is 1.77 bits per heavy atom. The average molecular weight is 448 g/mol. The van der Waals surface area contributed by atoms with Crippen LogP contribution in [0.2, 0.25) is 5.02 Å². The van der Waals surface area contributed by atoms with E-state index in [4.69, 9.17) is 16.3 Å². The third-order valence-electron chi connectivity index (χ3n) is 4.97. The molecular formula is C21H22ClN3O6. The molecule has 10 heteroatoms. The second-order valence-corrected chi connectivity index (χ2v) is 7.44. The minimum absolute atomic E-state index is 0.0321. The van der Waals surface area contributed by atoms with Crippen LogP contribution in [0.15, 0.2) is 42.5 Å². The van der Waals surface area contributed by atoms with Gasteiger partial charge < -0.3 is 14.4 Å². The Kier molecular flexibility index (Phi) is 7.43. The van der Waals surface area contributed by atoms with Gasteiger partial charge in [-0.15, -0.1) is 0 Å². The maximum Gasteiger partial charge on any atom is 0.338 e. The molecule has 0 N–H and O–H groups in total. The molecule has 1 aliphatic heterocycles. The molecule has 0 spiro atoms. The molecular weight excluding hydrogens is 426 g/mol. The van der Waals surface area contributed by atoms with Crippen LogP contribution < -0.4 is 4.74 Å². The molecule has 1 fully saturated rings. The zero-order valence-electron chi connectivity index (χ0n) is 17.0. The number of carbonyl (C=O) groups excluding carboxylic acids is 2. The van der Waals surface area contributed by atoms with Crippen molar-refractivity contribution in [1.82, 2.24) is 9.80 Å². The predicted molar refractivity (Wildman–Crippen MR) is 113 cm³/mol. The van der Waals surface area contributed by atoms with Gasteiger partial charge in [0, 0.05) is 43.8 Å². The van der Waals surface area contributed by atoms with E-state index in [1.807, 2.05) is 24.3 Å². The molecule has 1 saturated heterocycles. The van der Waals surface area contributed by atoms with Crippen molar-refractivity contribution in [1.29, 1.82) is 0 Å². The smallest absolute Gasteiger partial charge is 0.338 e. The third kappa shape index (κ3) is 5.93. The molecule has 1 aliphatic rings. The van der Waals surface area contributed by atoms with E-state index >= 15 is 0 Å². The standard InChI is InChI=1S/C21H22ClN3O6/c1-30-21(27)16-4-7-19(18(12-16)25(28)29)31-14-20(26)24-10-8-23(9-11-24)13-15-2-5-17(22)6-3-15/h2-7,12H,8-11,13-14H2,1H3. The van der Waals surface area contributed by atoms with Crippen molar-refractivity contribution in [2.75, 3.05) is 39.9 Å². The van der Waals surface area contributed by atoms with Crippen molar-refractivity contribution in [2.45, 2.75) is 6.54 Å². The van der Waals surface area contributed by atoms with Gasteiger partial charge in [-0.3, -0.25) is 19.8 Å². The highest BCUT2D eigenvalue weighted by Gasteiger charge is 2.24. The molecule has 31 heavy (non-hydrogen) atoms. The van der Waals surface area contributed by atoms with Gasteiger partial charge in [0.15, 0.2) is 12.4 Å². The number of hydrogen-bond acceptors (Lipinski definition) is 7. The summed E-state index contributed by atoms with van der Waals surface area (Å²) in [7, 11) is 1.19. The molecule has 164 valence electrons. The minimum atomic E-state index is -0.692. The average Bonchev–Trinajstić information content (AvgIpc) is 2.78. The van der Waals surface area contributed by atoms with Gasteiger partial charge in [0.25, 0.3) is 5.91 Å². The normalized spacial score (nSPS) is 14.2. The maximum absolute atomic E-state index is 12.5. The molecule has 0 unspecified atom stereocenters. The summed E-state index contributed by atoms with van der Waals surface area (Å²) >= 11 is 5.91. The lowest BCUT2D eigenvalue weighted by Gasteiger charge is -2.34. The van der Waals surface area contributed by atoms with Crippen LogP contribution in [0.25, 0.3) is 0 Å². The van der Waals surface area contributed by atoms with E-state index in [0.29, 0.717) is 31.2 Å². The highest BCUT2D eigenvalue weighted by Crippen LogP contribution is 2.28. The quantitative estimate of drug-likeness (QED) is 0.365.